The summed E-state index contributed by atoms with van der Waals surface area (Å²) >= 11 is 1.11. The van der Waals surface area contributed by atoms with Crippen molar-refractivity contribution in [1.29, 1.82) is 0 Å². The van der Waals surface area contributed by atoms with E-state index >= 15 is 0 Å². The summed E-state index contributed by atoms with van der Waals surface area (Å²) in [6, 6.07) is 3.82. The van der Waals surface area contributed by atoms with E-state index in [9.17, 15) is 9.59 Å². The minimum atomic E-state index is -0.179. The van der Waals surface area contributed by atoms with Crippen LogP contribution in [0.2, 0.25) is 0 Å². The van der Waals surface area contributed by atoms with Gasteiger partial charge in [0.15, 0.2) is 0 Å². The molecule has 0 aliphatic heterocycles. The molecule has 1 amide bonds. The van der Waals surface area contributed by atoms with Gasteiger partial charge >= 0.3 is 0 Å². The van der Waals surface area contributed by atoms with Crippen molar-refractivity contribution in [3.8, 4) is 0 Å². The first-order valence-corrected chi connectivity index (χ1v) is 8.63. The molecule has 1 N–H and O–H groups in total. The number of nitrogens with zero attached hydrogens (tertiary/aromatic N) is 4. The third-order valence-electron chi connectivity index (χ3n) is 3.89. The van der Waals surface area contributed by atoms with Gasteiger partial charge in [-0.3, -0.25) is 9.59 Å². The molecule has 0 radical (unpaired) electrons. The predicted molar refractivity (Wildman–Crippen MR) is 93.4 cm³/mol. The van der Waals surface area contributed by atoms with Gasteiger partial charge in [-0.1, -0.05) is 17.8 Å². The standard InChI is InChI=1S/C16H19N5O2S/c1-3-4-12-14(24-19-18-12)15(22)17-7-10-21-9-6-11-5-8-20(2)13(11)16(21)23/h5-6,8-9H,3-4,7,10H2,1-2H3,(H,17,22). The largest absolute Gasteiger partial charge is 0.349 e. The highest BCUT2D eigenvalue weighted by Crippen LogP contribution is 2.12. The van der Waals surface area contributed by atoms with Gasteiger partial charge in [0.2, 0.25) is 0 Å². The van der Waals surface area contributed by atoms with E-state index < -0.39 is 0 Å². The second-order valence-corrected chi connectivity index (χ2v) is 6.35. The molecule has 0 atom stereocenters. The second-order valence-electron chi connectivity index (χ2n) is 5.60. The number of carbonyl (C=O) groups is 1. The summed E-state index contributed by atoms with van der Waals surface area (Å²) in [6.07, 6.45) is 5.28. The van der Waals surface area contributed by atoms with Gasteiger partial charge < -0.3 is 14.5 Å². The fourth-order valence-corrected chi connectivity index (χ4v) is 3.28. The maximum absolute atomic E-state index is 12.5. The number of hydrogen-bond donors (Lipinski definition) is 1. The van der Waals surface area contributed by atoms with E-state index in [4.69, 9.17) is 0 Å². The number of rotatable bonds is 6. The van der Waals surface area contributed by atoms with Gasteiger partial charge in [-0.25, -0.2) is 0 Å². The molecule has 126 valence electrons. The summed E-state index contributed by atoms with van der Waals surface area (Å²) in [6.45, 7) is 2.83. The molecular formula is C16H19N5O2S. The van der Waals surface area contributed by atoms with Crippen molar-refractivity contribution in [3.05, 3.63) is 45.5 Å². The lowest BCUT2D eigenvalue weighted by molar-refractivity contribution is 0.0955. The van der Waals surface area contributed by atoms with Gasteiger partial charge in [0.05, 0.1) is 5.69 Å². The van der Waals surface area contributed by atoms with Gasteiger partial charge in [0, 0.05) is 37.9 Å². The summed E-state index contributed by atoms with van der Waals surface area (Å²) in [5, 5.41) is 7.76. The Morgan fingerprint density at radius 1 is 1.33 bits per heavy atom. The Kier molecular flexibility index (Phi) is 4.75. The molecule has 3 aromatic rings. The fraction of sp³-hybridized carbons (Fsp3) is 0.375. The quantitative estimate of drug-likeness (QED) is 0.735. The molecule has 3 aromatic heterocycles. The van der Waals surface area contributed by atoms with Crippen LogP contribution in [-0.2, 0) is 20.0 Å². The first kappa shape index (κ1) is 16.4. The molecule has 0 spiro atoms. The summed E-state index contributed by atoms with van der Waals surface area (Å²) in [4.78, 5) is 25.3. The maximum Gasteiger partial charge on any atom is 0.275 e. The molecule has 0 saturated heterocycles. The average Bonchev–Trinajstić information content (AvgIpc) is 3.17. The SMILES string of the molecule is CCCc1nnsc1C(=O)NCCn1ccc2ccn(C)c2c1=O. The van der Waals surface area contributed by atoms with E-state index in [1.165, 1.54) is 0 Å². The first-order valence-electron chi connectivity index (χ1n) is 7.85. The van der Waals surface area contributed by atoms with Crippen LogP contribution >= 0.6 is 11.5 Å². The Labute approximate surface area is 143 Å². The Morgan fingerprint density at radius 2 is 2.12 bits per heavy atom. The fourth-order valence-electron chi connectivity index (χ4n) is 2.66. The lowest BCUT2D eigenvalue weighted by atomic mass is 10.2. The second kappa shape index (κ2) is 6.96. The van der Waals surface area contributed by atoms with Crippen LogP contribution in [-0.4, -0.2) is 31.2 Å². The molecular weight excluding hydrogens is 326 g/mol. The van der Waals surface area contributed by atoms with Crippen molar-refractivity contribution < 1.29 is 4.79 Å². The number of aromatic nitrogens is 4. The van der Waals surface area contributed by atoms with Crippen LogP contribution < -0.4 is 10.9 Å². The molecule has 0 fully saturated rings. The Bertz CT molecular complexity index is 924. The number of nitrogens with one attached hydrogen (secondary N) is 1. The number of pyridine rings is 1. The topological polar surface area (TPSA) is 81.8 Å². The number of hydrogen-bond acceptors (Lipinski definition) is 5. The number of aryl methyl sites for hydroxylation is 2. The molecule has 24 heavy (non-hydrogen) atoms. The van der Waals surface area contributed by atoms with E-state index in [1.807, 2.05) is 36.9 Å². The van der Waals surface area contributed by atoms with E-state index in [0.717, 1.165) is 35.5 Å². The molecule has 7 nitrogen and oxygen atoms in total. The van der Waals surface area contributed by atoms with Crippen LogP contribution in [0.15, 0.2) is 29.3 Å². The minimum Gasteiger partial charge on any atom is -0.349 e. The van der Waals surface area contributed by atoms with Gasteiger partial charge in [-0.05, 0) is 30.1 Å². The number of carbonyl (C=O) groups excluding carboxylic acids is 1. The maximum atomic E-state index is 12.5. The summed E-state index contributed by atoms with van der Waals surface area (Å²) < 4.78 is 7.28. The first-order chi connectivity index (χ1) is 11.6. The normalized spacial score (nSPS) is 11.1. The third-order valence-corrected chi connectivity index (χ3v) is 4.66. The van der Waals surface area contributed by atoms with Gasteiger partial charge in [-0.2, -0.15) is 0 Å². The summed E-state index contributed by atoms with van der Waals surface area (Å²) in [5.41, 5.74) is 1.35. The monoisotopic (exact) mass is 345 g/mol. The predicted octanol–water partition coefficient (Wildman–Crippen LogP) is 1.57. The molecule has 8 heteroatoms. The van der Waals surface area contributed by atoms with E-state index in [0.29, 0.717) is 23.5 Å². The van der Waals surface area contributed by atoms with E-state index in [1.54, 1.807) is 10.8 Å². The van der Waals surface area contributed by atoms with Crippen molar-refractivity contribution in [3.63, 3.8) is 0 Å². The molecule has 0 aliphatic rings. The van der Waals surface area contributed by atoms with Crippen LogP contribution in [0, 0.1) is 0 Å². The van der Waals surface area contributed by atoms with E-state index in [-0.39, 0.29) is 11.5 Å². The number of fused-ring (bicyclic) bond motifs is 1. The Morgan fingerprint density at radius 3 is 2.92 bits per heavy atom. The molecule has 0 unspecified atom stereocenters. The third kappa shape index (κ3) is 3.09. The zero-order valence-electron chi connectivity index (χ0n) is 13.7. The summed E-state index contributed by atoms with van der Waals surface area (Å²) in [5.74, 6) is -0.179. The Hall–Kier alpha value is -2.48. The minimum absolute atomic E-state index is 0.0552. The summed E-state index contributed by atoms with van der Waals surface area (Å²) in [7, 11) is 1.85. The lowest BCUT2D eigenvalue weighted by Crippen LogP contribution is -2.31. The highest BCUT2D eigenvalue weighted by Gasteiger charge is 2.15. The van der Waals surface area contributed by atoms with Crippen molar-refractivity contribution in [2.24, 2.45) is 7.05 Å². The van der Waals surface area contributed by atoms with Crippen LogP contribution in [0.5, 0.6) is 0 Å². The van der Waals surface area contributed by atoms with Crippen LogP contribution in [0.1, 0.15) is 28.7 Å². The molecule has 0 bridgehead atoms. The smallest absolute Gasteiger partial charge is 0.275 e. The van der Waals surface area contributed by atoms with Gasteiger partial charge in [-0.15, -0.1) is 5.10 Å². The van der Waals surface area contributed by atoms with Crippen LogP contribution in [0.4, 0.5) is 0 Å². The van der Waals surface area contributed by atoms with Crippen LogP contribution in [0.3, 0.4) is 0 Å². The zero-order valence-corrected chi connectivity index (χ0v) is 14.5. The van der Waals surface area contributed by atoms with Crippen LogP contribution in [0.25, 0.3) is 10.9 Å². The Balaban J connectivity index is 1.67. The van der Waals surface area contributed by atoms with Gasteiger partial charge in [0.1, 0.15) is 10.4 Å². The zero-order chi connectivity index (χ0) is 17.1. The molecule has 0 aromatic carbocycles. The van der Waals surface area contributed by atoms with Crippen molar-refractivity contribution >= 4 is 28.3 Å². The molecule has 3 heterocycles. The molecule has 3 rings (SSSR count). The number of amides is 1. The van der Waals surface area contributed by atoms with E-state index in [2.05, 4.69) is 14.9 Å². The van der Waals surface area contributed by atoms with Crippen molar-refractivity contribution in [2.75, 3.05) is 6.54 Å². The highest BCUT2D eigenvalue weighted by atomic mass is 32.1. The molecule has 0 aliphatic carbocycles. The average molecular weight is 345 g/mol. The van der Waals surface area contributed by atoms with Crippen molar-refractivity contribution in [1.82, 2.24) is 24.0 Å². The van der Waals surface area contributed by atoms with Crippen molar-refractivity contribution in [2.45, 2.75) is 26.3 Å². The highest BCUT2D eigenvalue weighted by molar-refractivity contribution is 7.08. The lowest BCUT2D eigenvalue weighted by Gasteiger charge is -2.08. The van der Waals surface area contributed by atoms with Gasteiger partial charge in [0.25, 0.3) is 11.5 Å². The molecule has 0 saturated carbocycles.